The normalized spacial score (nSPS) is 14.7. The molecule has 0 aliphatic heterocycles. The van der Waals surface area contributed by atoms with Crippen LogP contribution in [0.15, 0.2) is 12.4 Å². The zero-order chi connectivity index (χ0) is 14.0. The van der Waals surface area contributed by atoms with Gasteiger partial charge in [0.15, 0.2) is 9.84 Å². The summed E-state index contributed by atoms with van der Waals surface area (Å²) in [6.45, 7) is 7.51. The first-order chi connectivity index (χ1) is 8.17. The number of hydrogen-bond acceptors (Lipinski definition) is 4. The molecule has 0 aliphatic rings. The van der Waals surface area contributed by atoms with Crippen LogP contribution in [0.4, 0.5) is 0 Å². The highest BCUT2D eigenvalue weighted by Gasteiger charge is 2.28. The van der Waals surface area contributed by atoms with Gasteiger partial charge in [-0.15, -0.1) is 0 Å². The highest BCUT2D eigenvalue weighted by Crippen LogP contribution is 2.17. The lowest BCUT2D eigenvalue weighted by atomic mass is 10.1. The molecule has 1 unspecified atom stereocenters. The summed E-state index contributed by atoms with van der Waals surface area (Å²) in [7, 11) is -3.10. The number of hydrogen-bond donors (Lipinski definition) is 1. The van der Waals surface area contributed by atoms with Crippen LogP contribution in [-0.4, -0.2) is 28.7 Å². The van der Waals surface area contributed by atoms with Crippen LogP contribution in [0.2, 0.25) is 0 Å². The van der Waals surface area contributed by atoms with E-state index in [2.05, 4.69) is 5.10 Å². The van der Waals surface area contributed by atoms with Crippen LogP contribution in [0, 0.1) is 0 Å². The predicted molar refractivity (Wildman–Crippen MR) is 73.0 cm³/mol. The molecule has 1 aromatic heterocycles. The van der Waals surface area contributed by atoms with E-state index in [9.17, 15) is 8.42 Å². The SMILES string of the molecule is CCC(N)c1cnn(CCS(=O)(=O)C(C)(C)C)c1. The summed E-state index contributed by atoms with van der Waals surface area (Å²) in [4.78, 5) is 0. The summed E-state index contributed by atoms with van der Waals surface area (Å²) in [5.41, 5.74) is 6.84. The highest BCUT2D eigenvalue weighted by molar-refractivity contribution is 7.92. The van der Waals surface area contributed by atoms with Crippen LogP contribution in [0.25, 0.3) is 0 Å². The lowest BCUT2D eigenvalue weighted by molar-refractivity contribution is 0.548. The van der Waals surface area contributed by atoms with Crippen molar-refractivity contribution in [3.8, 4) is 0 Å². The molecule has 6 heteroatoms. The standard InChI is InChI=1S/C12H23N3O2S/c1-5-11(13)10-8-14-15(9-10)6-7-18(16,17)12(2,3)4/h8-9,11H,5-7,13H2,1-4H3. The molecule has 0 aliphatic carbocycles. The first-order valence-electron chi connectivity index (χ1n) is 6.17. The van der Waals surface area contributed by atoms with Crippen LogP contribution in [0.3, 0.4) is 0 Å². The van der Waals surface area contributed by atoms with Gasteiger partial charge in [0.1, 0.15) is 0 Å². The first kappa shape index (κ1) is 15.2. The summed E-state index contributed by atoms with van der Waals surface area (Å²) < 4.78 is 24.8. The largest absolute Gasteiger partial charge is 0.324 e. The number of rotatable bonds is 5. The lowest BCUT2D eigenvalue weighted by Crippen LogP contribution is -2.32. The molecule has 1 atom stereocenters. The molecule has 0 aromatic carbocycles. The van der Waals surface area contributed by atoms with Crippen LogP contribution < -0.4 is 5.73 Å². The van der Waals surface area contributed by atoms with E-state index < -0.39 is 14.6 Å². The van der Waals surface area contributed by atoms with Gasteiger partial charge in [0.2, 0.25) is 0 Å². The third-order valence-corrected chi connectivity index (χ3v) is 5.63. The Morgan fingerprint density at radius 2 is 2.06 bits per heavy atom. The maximum Gasteiger partial charge on any atom is 0.157 e. The molecule has 0 radical (unpaired) electrons. The molecule has 1 heterocycles. The number of sulfone groups is 1. The van der Waals surface area contributed by atoms with E-state index in [0.29, 0.717) is 6.54 Å². The van der Waals surface area contributed by atoms with Gasteiger partial charge in [-0.2, -0.15) is 5.10 Å². The minimum absolute atomic E-state index is 0.0297. The van der Waals surface area contributed by atoms with E-state index in [-0.39, 0.29) is 11.8 Å². The fourth-order valence-electron chi connectivity index (χ4n) is 1.45. The summed E-state index contributed by atoms with van der Waals surface area (Å²) in [6.07, 6.45) is 4.37. The predicted octanol–water partition coefficient (Wildman–Crippen LogP) is 1.51. The number of nitrogens with zero attached hydrogens (tertiary/aromatic N) is 2. The summed E-state index contributed by atoms with van der Waals surface area (Å²) >= 11 is 0. The van der Waals surface area contributed by atoms with Crippen LogP contribution >= 0.6 is 0 Å². The Bertz CT molecular complexity index is 486. The molecule has 0 saturated carbocycles. The van der Waals surface area contributed by atoms with Crippen molar-refractivity contribution < 1.29 is 8.42 Å². The van der Waals surface area contributed by atoms with Gasteiger partial charge in [-0.25, -0.2) is 8.42 Å². The molecule has 1 aromatic rings. The molecule has 104 valence electrons. The quantitative estimate of drug-likeness (QED) is 0.882. The molecular formula is C12H23N3O2S. The third kappa shape index (κ3) is 3.55. The van der Waals surface area contributed by atoms with Gasteiger partial charge >= 0.3 is 0 Å². The Morgan fingerprint density at radius 1 is 1.44 bits per heavy atom. The zero-order valence-corrected chi connectivity index (χ0v) is 12.4. The van der Waals surface area contributed by atoms with Crippen molar-refractivity contribution in [2.45, 2.75) is 51.4 Å². The van der Waals surface area contributed by atoms with Crippen molar-refractivity contribution in [3.05, 3.63) is 18.0 Å². The monoisotopic (exact) mass is 273 g/mol. The van der Waals surface area contributed by atoms with Gasteiger partial charge in [-0.3, -0.25) is 4.68 Å². The van der Waals surface area contributed by atoms with Gasteiger partial charge in [-0.05, 0) is 27.2 Å². The van der Waals surface area contributed by atoms with E-state index in [1.165, 1.54) is 0 Å². The summed E-state index contributed by atoms with van der Waals surface area (Å²) in [5.74, 6) is 0.0962. The fraction of sp³-hybridized carbons (Fsp3) is 0.750. The summed E-state index contributed by atoms with van der Waals surface area (Å²) in [5, 5.41) is 4.14. The Balaban J connectivity index is 2.68. The minimum Gasteiger partial charge on any atom is -0.324 e. The van der Waals surface area contributed by atoms with Crippen molar-refractivity contribution in [1.29, 1.82) is 0 Å². The zero-order valence-electron chi connectivity index (χ0n) is 11.5. The van der Waals surface area contributed by atoms with Crippen LogP contribution in [0.5, 0.6) is 0 Å². The topological polar surface area (TPSA) is 78.0 Å². The third-order valence-electron chi connectivity index (χ3n) is 3.04. The smallest absolute Gasteiger partial charge is 0.157 e. The van der Waals surface area contributed by atoms with E-state index in [1.807, 2.05) is 13.1 Å². The minimum atomic E-state index is -3.10. The van der Waals surface area contributed by atoms with Crippen molar-refractivity contribution in [2.24, 2.45) is 5.73 Å². The average molecular weight is 273 g/mol. The molecule has 0 saturated heterocycles. The van der Waals surface area contributed by atoms with Gasteiger partial charge in [-0.1, -0.05) is 6.92 Å². The van der Waals surface area contributed by atoms with Gasteiger partial charge in [0.05, 0.1) is 23.2 Å². The van der Waals surface area contributed by atoms with Crippen molar-refractivity contribution in [2.75, 3.05) is 5.75 Å². The number of nitrogens with two attached hydrogens (primary N) is 1. The van der Waals surface area contributed by atoms with Crippen molar-refractivity contribution in [1.82, 2.24) is 9.78 Å². The molecule has 0 amide bonds. The first-order valence-corrected chi connectivity index (χ1v) is 7.83. The lowest BCUT2D eigenvalue weighted by Gasteiger charge is -2.18. The summed E-state index contributed by atoms with van der Waals surface area (Å²) in [6, 6.07) is -0.0297. The Labute approximate surface area is 109 Å². The number of aryl methyl sites for hydroxylation is 1. The molecule has 0 spiro atoms. The van der Waals surface area contributed by atoms with Crippen molar-refractivity contribution in [3.63, 3.8) is 0 Å². The number of aromatic nitrogens is 2. The molecule has 18 heavy (non-hydrogen) atoms. The van der Waals surface area contributed by atoms with Gasteiger partial charge in [0.25, 0.3) is 0 Å². The molecule has 5 nitrogen and oxygen atoms in total. The van der Waals surface area contributed by atoms with E-state index in [1.54, 1.807) is 31.6 Å². The molecule has 0 fully saturated rings. The second-order valence-corrected chi connectivity index (χ2v) is 8.35. The average Bonchev–Trinajstić information content (AvgIpc) is 2.72. The molecule has 0 bridgehead atoms. The van der Waals surface area contributed by atoms with Crippen LogP contribution in [-0.2, 0) is 16.4 Å². The van der Waals surface area contributed by atoms with Gasteiger partial charge < -0.3 is 5.73 Å². The molecule has 1 rings (SSSR count). The van der Waals surface area contributed by atoms with Gasteiger partial charge in [0, 0.05) is 17.8 Å². The Kier molecular flexibility index (Phi) is 4.55. The maximum absolute atomic E-state index is 12.0. The fourth-order valence-corrected chi connectivity index (χ4v) is 2.49. The second-order valence-electron chi connectivity index (χ2n) is 5.48. The molecular weight excluding hydrogens is 250 g/mol. The highest BCUT2D eigenvalue weighted by atomic mass is 32.2. The van der Waals surface area contributed by atoms with E-state index in [0.717, 1.165) is 12.0 Å². The molecule has 2 N–H and O–H groups in total. The second kappa shape index (κ2) is 5.40. The van der Waals surface area contributed by atoms with E-state index in [4.69, 9.17) is 5.73 Å². The maximum atomic E-state index is 12.0. The van der Waals surface area contributed by atoms with E-state index >= 15 is 0 Å². The van der Waals surface area contributed by atoms with Crippen LogP contribution in [0.1, 0.15) is 45.7 Å². The Hall–Kier alpha value is -0.880. The van der Waals surface area contributed by atoms with Crippen molar-refractivity contribution >= 4 is 9.84 Å². The Morgan fingerprint density at radius 3 is 2.56 bits per heavy atom.